The molecule has 9 heteroatoms. The first-order valence-electron chi connectivity index (χ1n) is 7.07. The third kappa shape index (κ3) is 3.41. The topological polar surface area (TPSA) is 80.2 Å². The number of anilines is 1. The van der Waals surface area contributed by atoms with Gasteiger partial charge in [-0.1, -0.05) is 23.1 Å². The molecule has 0 saturated carbocycles. The van der Waals surface area contributed by atoms with Gasteiger partial charge in [-0.2, -0.15) is 0 Å². The third-order valence-corrected chi connectivity index (χ3v) is 7.26. The number of sulfonamides is 1. The van der Waals surface area contributed by atoms with Crippen LogP contribution in [0.1, 0.15) is 22.8 Å². The lowest BCUT2D eigenvalue weighted by Gasteiger charge is -2.18. The predicted molar refractivity (Wildman–Crippen MR) is 91.9 cm³/mol. The van der Waals surface area contributed by atoms with E-state index in [9.17, 15) is 13.2 Å². The maximum Gasteiger partial charge on any atom is 0.234 e. The van der Waals surface area contributed by atoms with Crippen molar-refractivity contribution < 1.29 is 13.2 Å². The summed E-state index contributed by atoms with van der Waals surface area (Å²) in [6.07, 6.45) is 0.638. The van der Waals surface area contributed by atoms with Crippen LogP contribution in [0.25, 0.3) is 0 Å². The number of carbonyl (C=O) groups excluding carboxylic acids is 1. The Labute approximate surface area is 143 Å². The lowest BCUT2D eigenvalue weighted by molar-refractivity contribution is 0.102. The van der Waals surface area contributed by atoms with Crippen LogP contribution in [0, 0.1) is 0 Å². The zero-order valence-electron chi connectivity index (χ0n) is 12.4. The molecule has 1 aliphatic rings. The first kappa shape index (κ1) is 16.4. The van der Waals surface area contributed by atoms with Crippen LogP contribution in [0.4, 0.5) is 5.69 Å². The number of nitrogens with zero attached hydrogens (tertiary/aromatic N) is 3. The average Bonchev–Trinajstić information content (AvgIpc) is 3.21. The molecule has 0 aliphatic carbocycles. The maximum atomic E-state index is 12.3. The second-order valence-electron chi connectivity index (χ2n) is 4.98. The molecule has 3 rings (SSSR count). The van der Waals surface area contributed by atoms with E-state index in [1.165, 1.54) is 27.4 Å². The van der Waals surface area contributed by atoms with Crippen molar-refractivity contribution in [3.63, 3.8) is 0 Å². The molecule has 1 aromatic heterocycles. The van der Waals surface area contributed by atoms with Crippen LogP contribution in [-0.4, -0.2) is 42.4 Å². The molecule has 0 fully saturated rings. The summed E-state index contributed by atoms with van der Waals surface area (Å²) in [5.74, 6) is 0.376. The number of hydrogen-bond donors (Lipinski definition) is 0. The molecule has 0 radical (unpaired) electrons. The normalized spacial score (nSPS) is 14.0. The largest absolute Gasteiger partial charge is 0.293 e. The van der Waals surface area contributed by atoms with Crippen molar-refractivity contribution in [2.45, 2.75) is 17.7 Å². The highest BCUT2D eigenvalue weighted by Gasteiger charge is 2.28. The number of carbonyl (C=O) groups is 1. The number of Topliss-reactive ketones (excluding diaryl/α,β-unsaturated/α-hetero) is 1. The molecular formula is C14H15N3O3S3. The van der Waals surface area contributed by atoms with Crippen LogP contribution in [0.3, 0.4) is 0 Å². The number of hydrogen-bond acceptors (Lipinski definition) is 7. The van der Waals surface area contributed by atoms with Crippen LogP contribution >= 0.6 is 23.1 Å². The van der Waals surface area contributed by atoms with E-state index in [0.717, 1.165) is 9.90 Å². The molecular weight excluding hydrogens is 354 g/mol. The predicted octanol–water partition coefficient (Wildman–Crippen LogP) is 2.23. The van der Waals surface area contributed by atoms with Crippen LogP contribution in [-0.2, 0) is 16.4 Å². The zero-order valence-corrected chi connectivity index (χ0v) is 14.9. The van der Waals surface area contributed by atoms with Crippen molar-refractivity contribution in [3.05, 3.63) is 34.8 Å². The van der Waals surface area contributed by atoms with Crippen molar-refractivity contribution in [2.75, 3.05) is 22.4 Å². The molecule has 0 spiro atoms. The fourth-order valence-corrected chi connectivity index (χ4v) is 4.97. The van der Waals surface area contributed by atoms with Gasteiger partial charge in [0.2, 0.25) is 10.0 Å². The molecule has 0 bridgehead atoms. The first-order chi connectivity index (χ1) is 11.0. The summed E-state index contributed by atoms with van der Waals surface area (Å²) in [5, 5.41) is 7.63. The maximum absolute atomic E-state index is 12.3. The molecule has 1 aliphatic heterocycles. The van der Waals surface area contributed by atoms with Gasteiger partial charge in [0.25, 0.3) is 0 Å². The Hall–Kier alpha value is -1.45. The third-order valence-electron chi connectivity index (χ3n) is 3.62. The summed E-state index contributed by atoms with van der Waals surface area (Å²) in [4.78, 5) is 12.3. The minimum Gasteiger partial charge on any atom is -0.293 e. The van der Waals surface area contributed by atoms with Crippen molar-refractivity contribution in [3.8, 4) is 0 Å². The standard InChI is InChI=1S/C14H15N3O3S3/c1-2-23(19,20)17-6-5-10-7-11(3-4-12(10)17)13(18)8-21-14-16-15-9-22-14/h3-4,7,9H,2,5-6,8H2,1H3. The van der Waals surface area contributed by atoms with Crippen molar-refractivity contribution in [1.82, 2.24) is 10.2 Å². The Morgan fingerprint density at radius 1 is 1.43 bits per heavy atom. The summed E-state index contributed by atoms with van der Waals surface area (Å²) < 4.78 is 26.3. The van der Waals surface area contributed by atoms with Gasteiger partial charge in [0.05, 0.1) is 17.2 Å². The van der Waals surface area contributed by atoms with E-state index in [4.69, 9.17) is 0 Å². The Morgan fingerprint density at radius 2 is 2.26 bits per heavy atom. The van der Waals surface area contributed by atoms with E-state index in [1.807, 2.05) is 6.07 Å². The summed E-state index contributed by atoms with van der Waals surface area (Å²) in [5.41, 5.74) is 3.84. The summed E-state index contributed by atoms with van der Waals surface area (Å²) >= 11 is 2.76. The molecule has 0 unspecified atom stereocenters. The Kier molecular flexibility index (Phi) is 4.69. The van der Waals surface area contributed by atoms with Crippen molar-refractivity contribution in [2.24, 2.45) is 0 Å². The van der Waals surface area contributed by atoms with E-state index >= 15 is 0 Å². The fraction of sp³-hybridized carbons (Fsp3) is 0.357. The monoisotopic (exact) mass is 369 g/mol. The Morgan fingerprint density at radius 3 is 2.96 bits per heavy atom. The minimum atomic E-state index is -3.25. The van der Waals surface area contributed by atoms with Gasteiger partial charge in [0.15, 0.2) is 10.1 Å². The highest BCUT2D eigenvalue weighted by atomic mass is 32.2. The van der Waals surface area contributed by atoms with Crippen LogP contribution < -0.4 is 4.31 Å². The smallest absolute Gasteiger partial charge is 0.234 e. The lowest BCUT2D eigenvalue weighted by Crippen LogP contribution is -2.30. The minimum absolute atomic E-state index is 0.00444. The number of ketones is 1. The van der Waals surface area contributed by atoms with Gasteiger partial charge in [-0.25, -0.2) is 8.42 Å². The van der Waals surface area contributed by atoms with Crippen LogP contribution in [0.15, 0.2) is 28.0 Å². The number of aromatic nitrogens is 2. The molecule has 0 N–H and O–H groups in total. The number of fused-ring (bicyclic) bond motifs is 1. The molecule has 0 atom stereocenters. The van der Waals surface area contributed by atoms with E-state index in [0.29, 0.717) is 30.0 Å². The van der Waals surface area contributed by atoms with Gasteiger partial charge in [0.1, 0.15) is 5.51 Å². The molecule has 1 aromatic carbocycles. The molecule has 2 aromatic rings. The zero-order chi connectivity index (χ0) is 16.4. The van der Waals surface area contributed by atoms with Crippen LogP contribution in [0.5, 0.6) is 0 Å². The number of thioether (sulfide) groups is 1. The lowest BCUT2D eigenvalue weighted by atomic mass is 10.1. The molecule has 23 heavy (non-hydrogen) atoms. The van der Waals surface area contributed by atoms with E-state index in [2.05, 4.69) is 10.2 Å². The van der Waals surface area contributed by atoms with Crippen molar-refractivity contribution >= 4 is 44.6 Å². The Balaban J connectivity index is 1.75. The fourth-order valence-electron chi connectivity index (χ4n) is 2.43. The molecule has 0 amide bonds. The molecule has 2 heterocycles. The van der Waals surface area contributed by atoms with E-state index < -0.39 is 10.0 Å². The average molecular weight is 369 g/mol. The van der Waals surface area contributed by atoms with Gasteiger partial charge < -0.3 is 0 Å². The van der Waals surface area contributed by atoms with Gasteiger partial charge in [-0.15, -0.1) is 10.2 Å². The van der Waals surface area contributed by atoms with E-state index in [-0.39, 0.29) is 11.5 Å². The number of rotatable bonds is 6. The van der Waals surface area contributed by atoms with Crippen molar-refractivity contribution in [1.29, 1.82) is 0 Å². The summed E-state index contributed by atoms with van der Waals surface area (Å²) in [6.45, 7) is 2.08. The second kappa shape index (κ2) is 6.58. The second-order valence-corrected chi connectivity index (χ2v) is 9.22. The van der Waals surface area contributed by atoms with Gasteiger partial charge >= 0.3 is 0 Å². The Bertz CT molecular complexity index is 819. The van der Waals surface area contributed by atoms with Crippen LogP contribution in [0.2, 0.25) is 0 Å². The summed E-state index contributed by atoms with van der Waals surface area (Å²) in [6, 6.07) is 5.24. The van der Waals surface area contributed by atoms with Gasteiger partial charge in [0, 0.05) is 12.1 Å². The number of benzene rings is 1. The molecule has 6 nitrogen and oxygen atoms in total. The van der Waals surface area contributed by atoms with Gasteiger partial charge in [-0.3, -0.25) is 9.10 Å². The first-order valence-corrected chi connectivity index (χ1v) is 10.5. The molecule has 0 saturated heterocycles. The highest BCUT2D eigenvalue weighted by molar-refractivity contribution is 8.01. The highest BCUT2D eigenvalue weighted by Crippen LogP contribution is 2.31. The molecule has 122 valence electrons. The van der Waals surface area contributed by atoms with E-state index in [1.54, 1.807) is 24.6 Å². The SMILES string of the molecule is CCS(=O)(=O)N1CCc2cc(C(=O)CSc3nncs3)ccc21. The quantitative estimate of drug-likeness (QED) is 0.574. The van der Waals surface area contributed by atoms with Gasteiger partial charge in [-0.05, 0) is 37.1 Å². The summed E-state index contributed by atoms with van der Waals surface area (Å²) in [7, 11) is -3.25.